The number of nitro benzene ring substituents is 2. The van der Waals surface area contributed by atoms with Crippen molar-refractivity contribution >= 4 is 40.3 Å². The van der Waals surface area contributed by atoms with Gasteiger partial charge in [0.15, 0.2) is 5.69 Å². The number of nitrogens with zero attached hydrogens (tertiary/aromatic N) is 2. The monoisotopic (exact) mass is 436 g/mol. The van der Waals surface area contributed by atoms with Crippen LogP contribution in [0.1, 0.15) is 26.3 Å². The van der Waals surface area contributed by atoms with Crippen LogP contribution in [-0.4, -0.2) is 26.8 Å². The fourth-order valence-electron chi connectivity index (χ4n) is 2.87. The van der Waals surface area contributed by atoms with Crippen LogP contribution >= 0.6 is 0 Å². The van der Waals surface area contributed by atoms with Gasteiger partial charge in [-0.25, -0.2) is 4.79 Å². The number of nitrogens with one attached hydrogen (secondary N) is 2. The minimum absolute atomic E-state index is 0.0857. The zero-order valence-corrected chi connectivity index (χ0v) is 16.6. The van der Waals surface area contributed by atoms with E-state index in [1.54, 1.807) is 24.3 Å². The molecule has 0 aliphatic rings. The Kier molecular flexibility index (Phi) is 6.10. The highest BCUT2D eigenvalue weighted by molar-refractivity contribution is 6.06. The highest BCUT2D eigenvalue weighted by atomic mass is 16.6. The summed E-state index contributed by atoms with van der Waals surface area (Å²) >= 11 is 0. The van der Waals surface area contributed by atoms with Crippen LogP contribution in [-0.2, 0) is 0 Å². The van der Waals surface area contributed by atoms with Gasteiger partial charge in [0, 0.05) is 23.5 Å². The van der Waals surface area contributed by atoms with E-state index in [4.69, 9.17) is 5.11 Å². The molecule has 162 valence electrons. The van der Waals surface area contributed by atoms with Crippen molar-refractivity contribution in [3.05, 3.63) is 97.6 Å². The van der Waals surface area contributed by atoms with Gasteiger partial charge in [-0.15, -0.1) is 0 Å². The van der Waals surface area contributed by atoms with Crippen LogP contribution in [0.25, 0.3) is 0 Å². The van der Waals surface area contributed by atoms with Crippen molar-refractivity contribution in [2.45, 2.75) is 6.92 Å². The van der Waals surface area contributed by atoms with E-state index in [-0.39, 0.29) is 22.5 Å². The lowest BCUT2D eigenvalue weighted by atomic mass is 10.1. The van der Waals surface area contributed by atoms with Crippen molar-refractivity contribution in [2.75, 3.05) is 10.6 Å². The molecule has 3 N–H and O–H groups in total. The number of carboxylic acids is 1. The molecule has 0 spiro atoms. The maximum atomic E-state index is 12.6. The molecule has 0 fully saturated rings. The van der Waals surface area contributed by atoms with E-state index < -0.39 is 33.1 Å². The predicted molar refractivity (Wildman–Crippen MR) is 116 cm³/mol. The Morgan fingerprint density at radius 3 is 1.97 bits per heavy atom. The van der Waals surface area contributed by atoms with Gasteiger partial charge in [-0.1, -0.05) is 23.8 Å². The lowest BCUT2D eigenvalue weighted by Crippen LogP contribution is -2.14. The molecule has 3 rings (SSSR count). The molecule has 3 aromatic rings. The number of anilines is 3. The van der Waals surface area contributed by atoms with E-state index in [0.717, 1.165) is 17.7 Å². The lowest BCUT2D eigenvalue weighted by Gasteiger charge is -2.11. The number of carboxylic acid groups (broad SMARTS) is 1. The normalized spacial score (nSPS) is 10.3. The van der Waals surface area contributed by atoms with Gasteiger partial charge in [-0.3, -0.25) is 25.0 Å². The first-order chi connectivity index (χ1) is 15.2. The van der Waals surface area contributed by atoms with E-state index in [2.05, 4.69) is 10.6 Å². The number of aromatic carboxylic acids is 1. The summed E-state index contributed by atoms with van der Waals surface area (Å²) in [5.74, 6) is -2.08. The zero-order valence-electron chi connectivity index (χ0n) is 16.6. The van der Waals surface area contributed by atoms with Crippen LogP contribution in [0.4, 0.5) is 28.4 Å². The third-order valence-electron chi connectivity index (χ3n) is 4.44. The fourth-order valence-corrected chi connectivity index (χ4v) is 2.87. The largest absolute Gasteiger partial charge is 0.478 e. The fraction of sp³-hybridized carbons (Fsp3) is 0.0476. The van der Waals surface area contributed by atoms with Crippen LogP contribution in [0.2, 0.25) is 0 Å². The Balaban J connectivity index is 2.02. The van der Waals surface area contributed by atoms with Crippen molar-refractivity contribution in [2.24, 2.45) is 0 Å². The van der Waals surface area contributed by atoms with E-state index in [9.17, 15) is 29.8 Å². The number of nitro groups is 2. The Labute approximate surface area is 180 Å². The standard InChI is InChI=1S/C21H16N4O7/c1-12-5-7-15(8-6-12)22-19-17(24(29)30)10-14(11-18(19)25(31)32)20(26)23-16-4-2-3-13(9-16)21(27)28/h2-11,22H,1H3,(H,23,26)(H,27,28). The Morgan fingerprint density at radius 2 is 1.44 bits per heavy atom. The molecular weight excluding hydrogens is 420 g/mol. The Morgan fingerprint density at radius 1 is 0.844 bits per heavy atom. The first-order valence-electron chi connectivity index (χ1n) is 9.11. The molecule has 0 aliphatic heterocycles. The summed E-state index contributed by atoms with van der Waals surface area (Å²) in [4.78, 5) is 45.3. The second-order valence-corrected chi connectivity index (χ2v) is 6.73. The van der Waals surface area contributed by atoms with Gasteiger partial charge in [0.1, 0.15) is 0 Å². The minimum atomic E-state index is -1.21. The van der Waals surface area contributed by atoms with Crippen LogP contribution in [0.3, 0.4) is 0 Å². The van der Waals surface area contributed by atoms with Gasteiger partial charge in [0.25, 0.3) is 5.91 Å². The second kappa shape index (κ2) is 8.92. The van der Waals surface area contributed by atoms with Gasteiger partial charge in [0.05, 0.1) is 21.0 Å². The summed E-state index contributed by atoms with van der Waals surface area (Å²) in [5.41, 5.74) is -0.678. The molecule has 32 heavy (non-hydrogen) atoms. The number of carbonyl (C=O) groups excluding carboxylic acids is 1. The van der Waals surface area contributed by atoms with Crippen molar-refractivity contribution < 1.29 is 24.5 Å². The molecule has 3 aromatic carbocycles. The minimum Gasteiger partial charge on any atom is -0.478 e. The highest BCUT2D eigenvalue weighted by Gasteiger charge is 2.29. The van der Waals surface area contributed by atoms with E-state index in [1.165, 1.54) is 24.3 Å². The first-order valence-corrected chi connectivity index (χ1v) is 9.11. The number of hydrogen-bond acceptors (Lipinski definition) is 7. The molecule has 0 atom stereocenters. The molecule has 0 aromatic heterocycles. The average Bonchev–Trinajstić information content (AvgIpc) is 2.75. The third kappa shape index (κ3) is 4.84. The van der Waals surface area contributed by atoms with Gasteiger partial charge < -0.3 is 15.7 Å². The van der Waals surface area contributed by atoms with Gasteiger partial charge in [0.2, 0.25) is 0 Å². The topological polar surface area (TPSA) is 165 Å². The molecular formula is C21H16N4O7. The predicted octanol–water partition coefficient (Wildman–Crippen LogP) is 4.51. The summed E-state index contributed by atoms with van der Waals surface area (Å²) in [5, 5.41) is 37.4. The van der Waals surface area contributed by atoms with E-state index in [0.29, 0.717) is 5.69 Å². The van der Waals surface area contributed by atoms with Crippen molar-refractivity contribution in [3.8, 4) is 0 Å². The summed E-state index contributed by atoms with van der Waals surface area (Å²) in [6.45, 7) is 1.84. The molecule has 11 nitrogen and oxygen atoms in total. The van der Waals surface area contributed by atoms with Crippen LogP contribution < -0.4 is 10.6 Å². The molecule has 0 unspecified atom stereocenters. The van der Waals surface area contributed by atoms with E-state index >= 15 is 0 Å². The molecule has 11 heteroatoms. The second-order valence-electron chi connectivity index (χ2n) is 6.73. The molecule has 0 aliphatic carbocycles. The number of rotatable bonds is 7. The number of amides is 1. The molecule has 1 amide bonds. The van der Waals surface area contributed by atoms with Crippen molar-refractivity contribution in [3.63, 3.8) is 0 Å². The van der Waals surface area contributed by atoms with Crippen LogP contribution in [0.15, 0.2) is 60.7 Å². The maximum Gasteiger partial charge on any atom is 0.335 e. The summed E-state index contributed by atoms with van der Waals surface area (Å²) in [7, 11) is 0. The SMILES string of the molecule is Cc1ccc(Nc2c([N+](=O)[O-])cc(C(=O)Nc3cccc(C(=O)O)c3)cc2[N+](=O)[O-])cc1. The van der Waals surface area contributed by atoms with Gasteiger partial charge in [-0.2, -0.15) is 0 Å². The average molecular weight is 436 g/mol. The maximum absolute atomic E-state index is 12.6. The Bertz CT molecular complexity index is 1200. The molecule has 0 radical (unpaired) electrons. The van der Waals surface area contributed by atoms with Crippen molar-refractivity contribution in [1.82, 2.24) is 0 Å². The van der Waals surface area contributed by atoms with Crippen LogP contribution in [0.5, 0.6) is 0 Å². The quantitative estimate of drug-likeness (QED) is 0.359. The number of hydrogen-bond donors (Lipinski definition) is 3. The lowest BCUT2D eigenvalue weighted by molar-refractivity contribution is -0.392. The smallest absolute Gasteiger partial charge is 0.335 e. The van der Waals surface area contributed by atoms with Crippen LogP contribution in [0, 0.1) is 27.2 Å². The van der Waals surface area contributed by atoms with Gasteiger partial charge in [-0.05, 0) is 37.3 Å². The summed E-state index contributed by atoms with van der Waals surface area (Å²) in [6, 6.07) is 13.8. The number of aryl methyl sites for hydroxylation is 1. The summed E-state index contributed by atoms with van der Waals surface area (Å²) in [6.07, 6.45) is 0. The molecule has 0 bridgehead atoms. The first kappa shape index (κ1) is 21.9. The molecule has 0 saturated heterocycles. The molecule has 0 heterocycles. The zero-order chi connectivity index (χ0) is 23.4. The summed E-state index contributed by atoms with van der Waals surface area (Å²) < 4.78 is 0. The van der Waals surface area contributed by atoms with E-state index in [1.807, 2.05) is 6.92 Å². The molecule has 0 saturated carbocycles. The highest BCUT2D eigenvalue weighted by Crippen LogP contribution is 2.38. The number of carbonyl (C=O) groups is 2. The third-order valence-corrected chi connectivity index (χ3v) is 4.44. The van der Waals surface area contributed by atoms with Gasteiger partial charge >= 0.3 is 17.3 Å². The van der Waals surface area contributed by atoms with Crippen molar-refractivity contribution in [1.29, 1.82) is 0 Å². The number of benzene rings is 3. The Hall–Kier alpha value is -4.80.